The maximum atomic E-state index is 9.70. The van der Waals surface area contributed by atoms with Gasteiger partial charge in [-0.05, 0) is 43.5 Å². The fourth-order valence-electron chi connectivity index (χ4n) is 3.25. The molecule has 0 aliphatic carbocycles. The van der Waals surface area contributed by atoms with Crippen molar-refractivity contribution < 1.29 is 4.74 Å². The third kappa shape index (κ3) is 4.96. The van der Waals surface area contributed by atoms with Crippen LogP contribution in [-0.4, -0.2) is 48.6 Å². The zero-order valence-corrected chi connectivity index (χ0v) is 15.5. The average Bonchev–Trinajstić information content (AvgIpc) is 2.57. The molecule has 1 saturated heterocycles. The molecule has 132 valence electrons. The zero-order chi connectivity index (χ0) is 17.5. The van der Waals surface area contributed by atoms with Crippen molar-refractivity contribution in [1.82, 2.24) is 9.80 Å². The van der Waals surface area contributed by atoms with Crippen LogP contribution in [0.25, 0.3) is 0 Å². The summed E-state index contributed by atoms with van der Waals surface area (Å²) in [6.07, 6.45) is 1.18. The summed E-state index contributed by atoms with van der Waals surface area (Å²) in [6.45, 7) is 13.6. The normalized spacial score (nSPS) is 20.8. The number of hydrogen-bond acceptors (Lipinski definition) is 4. The third-order valence-electron chi connectivity index (χ3n) is 4.57. The summed E-state index contributed by atoms with van der Waals surface area (Å²) in [4.78, 5) is 4.83. The molecule has 4 heteroatoms. The van der Waals surface area contributed by atoms with Crippen molar-refractivity contribution in [1.29, 1.82) is 5.26 Å². The Bertz CT molecular complexity index is 535. The molecule has 1 aromatic carbocycles. The van der Waals surface area contributed by atoms with Crippen LogP contribution >= 0.6 is 0 Å². The second-order valence-corrected chi connectivity index (χ2v) is 7.19. The van der Waals surface area contributed by atoms with Gasteiger partial charge < -0.3 is 4.74 Å². The van der Waals surface area contributed by atoms with Gasteiger partial charge in [-0.3, -0.25) is 9.80 Å². The molecule has 0 radical (unpaired) electrons. The summed E-state index contributed by atoms with van der Waals surface area (Å²) in [5.41, 5.74) is 1.06. The summed E-state index contributed by atoms with van der Waals surface area (Å²) in [6, 6.07) is 10.9. The van der Waals surface area contributed by atoms with Crippen molar-refractivity contribution in [3.05, 3.63) is 29.8 Å². The molecule has 24 heavy (non-hydrogen) atoms. The highest BCUT2D eigenvalue weighted by Gasteiger charge is 2.28. The van der Waals surface area contributed by atoms with Gasteiger partial charge in [0.2, 0.25) is 0 Å². The Morgan fingerprint density at radius 3 is 2.50 bits per heavy atom. The molecule has 0 amide bonds. The van der Waals surface area contributed by atoms with E-state index in [0.29, 0.717) is 12.0 Å². The van der Waals surface area contributed by atoms with E-state index in [2.05, 4.69) is 43.6 Å². The quantitative estimate of drug-likeness (QED) is 0.764. The Hall–Kier alpha value is -1.57. The van der Waals surface area contributed by atoms with Gasteiger partial charge in [-0.1, -0.05) is 32.9 Å². The molecule has 1 heterocycles. The summed E-state index contributed by atoms with van der Waals surface area (Å²) >= 11 is 0. The van der Waals surface area contributed by atoms with E-state index in [1.165, 1.54) is 6.42 Å². The van der Waals surface area contributed by atoms with Gasteiger partial charge >= 0.3 is 0 Å². The number of nitrogens with zero attached hydrogens (tertiary/aromatic N) is 3. The molecule has 0 spiro atoms. The number of piperazine rings is 1. The average molecular weight is 329 g/mol. The molecular formula is C20H31N3O. The Balaban J connectivity index is 2.00. The van der Waals surface area contributed by atoms with E-state index in [1.54, 1.807) is 0 Å². The van der Waals surface area contributed by atoms with Crippen molar-refractivity contribution in [2.75, 3.05) is 32.8 Å². The summed E-state index contributed by atoms with van der Waals surface area (Å²) in [5.74, 6) is 1.39. The lowest BCUT2D eigenvalue weighted by atomic mass is 10.0. The smallest absolute Gasteiger partial charge is 0.123 e. The van der Waals surface area contributed by atoms with E-state index < -0.39 is 0 Å². The van der Waals surface area contributed by atoms with Crippen LogP contribution in [0, 0.1) is 17.2 Å². The van der Waals surface area contributed by atoms with Crippen molar-refractivity contribution in [2.24, 2.45) is 5.92 Å². The van der Waals surface area contributed by atoms with Crippen LogP contribution in [0.5, 0.6) is 5.75 Å². The molecule has 2 rings (SSSR count). The number of rotatable bonds is 7. The topological polar surface area (TPSA) is 39.5 Å². The van der Waals surface area contributed by atoms with Crippen LogP contribution in [0.1, 0.15) is 45.7 Å². The lowest BCUT2D eigenvalue weighted by molar-refractivity contribution is 0.0690. The molecule has 1 aliphatic heterocycles. The first-order chi connectivity index (χ1) is 11.5. The summed E-state index contributed by atoms with van der Waals surface area (Å²) in [7, 11) is 0. The van der Waals surface area contributed by atoms with Gasteiger partial charge in [0, 0.05) is 25.7 Å². The highest BCUT2D eigenvalue weighted by molar-refractivity contribution is 5.32. The molecule has 2 unspecified atom stereocenters. The predicted molar refractivity (Wildman–Crippen MR) is 98.0 cm³/mol. The third-order valence-corrected chi connectivity index (χ3v) is 4.57. The van der Waals surface area contributed by atoms with E-state index in [0.717, 1.165) is 44.1 Å². The second-order valence-electron chi connectivity index (χ2n) is 7.19. The number of nitriles is 1. The van der Waals surface area contributed by atoms with Gasteiger partial charge in [-0.25, -0.2) is 0 Å². The van der Waals surface area contributed by atoms with Gasteiger partial charge in [-0.2, -0.15) is 5.26 Å². The first-order valence-electron chi connectivity index (χ1n) is 9.15. The van der Waals surface area contributed by atoms with E-state index in [9.17, 15) is 5.26 Å². The van der Waals surface area contributed by atoms with Crippen LogP contribution < -0.4 is 4.74 Å². The van der Waals surface area contributed by atoms with Crippen molar-refractivity contribution in [3.63, 3.8) is 0 Å². The first-order valence-corrected chi connectivity index (χ1v) is 9.15. The molecule has 1 fully saturated rings. The highest BCUT2D eigenvalue weighted by Crippen LogP contribution is 2.25. The van der Waals surface area contributed by atoms with Crippen LogP contribution in [0.4, 0.5) is 0 Å². The maximum Gasteiger partial charge on any atom is 0.123 e. The molecule has 1 aromatic rings. The van der Waals surface area contributed by atoms with Crippen LogP contribution in [0.2, 0.25) is 0 Å². The van der Waals surface area contributed by atoms with Gasteiger partial charge in [0.05, 0.1) is 12.7 Å². The largest absolute Gasteiger partial charge is 0.493 e. The van der Waals surface area contributed by atoms with Crippen LogP contribution in [0.3, 0.4) is 0 Å². The molecule has 2 atom stereocenters. The maximum absolute atomic E-state index is 9.70. The van der Waals surface area contributed by atoms with Gasteiger partial charge in [0.15, 0.2) is 0 Å². The predicted octanol–water partition coefficient (Wildman–Crippen LogP) is 3.70. The zero-order valence-electron chi connectivity index (χ0n) is 15.5. The lowest BCUT2D eigenvalue weighted by Gasteiger charge is -2.41. The monoisotopic (exact) mass is 329 g/mol. The highest BCUT2D eigenvalue weighted by atomic mass is 16.5. The fourth-order valence-corrected chi connectivity index (χ4v) is 3.25. The second kappa shape index (κ2) is 9.05. The lowest BCUT2D eigenvalue weighted by Crippen LogP contribution is -2.52. The molecule has 0 bridgehead atoms. The molecule has 0 aromatic heterocycles. The minimum Gasteiger partial charge on any atom is -0.493 e. The number of ether oxygens (including phenoxy) is 1. The van der Waals surface area contributed by atoms with Gasteiger partial charge in [0.1, 0.15) is 11.8 Å². The molecule has 0 N–H and O–H groups in total. The Labute approximate surface area is 147 Å². The molecule has 1 aliphatic rings. The van der Waals surface area contributed by atoms with E-state index in [-0.39, 0.29) is 6.04 Å². The molecule has 4 nitrogen and oxygen atoms in total. The standard InChI is InChI=1S/C20H31N3O/c1-5-10-22-11-12-23(14-17(22)4)20(13-21)18-6-8-19(9-7-18)24-15-16(2)3/h6-9,16-17,20H,5,10-12,14-15H2,1-4H3. The van der Waals surface area contributed by atoms with E-state index in [1.807, 2.05) is 24.3 Å². The SMILES string of the molecule is CCCN1CCN(C(C#N)c2ccc(OCC(C)C)cc2)CC1C. The Morgan fingerprint density at radius 2 is 1.96 bits per heavy atom. The minimum absolute atomic E-state index is 0.171. The number of benzene rings is 1. The van der Waals surface area contributed by atoms with Crippen molar-refractivity contribution in [2.45, 2.75) is 46.2 Å². The van der Waals surface area contributed by atoms with Crippen LogP contribution in [-0.2, 0) is 0 Å². The van der Waals surface area contributed by atoms with Gasteiger partial charge in [0.25, 0.3) is 0 Å². The minimum atomic E-state index is -0.171. The Morgan fingerprint density at radius 1 is 1.25 bits per heavy atom. The van der Waals surface area contributed by atoms with Crippen molar-refractivity contribution >= 4 is 0 Å². The summed E-state index contributed by atoms with van der Waals surface area (Å²) < 4.78 is 5.74. The van der Waals surface area contributed by atoms with E-state index >= 15 is 0 Å². The fraction of sp³-hybridized carbons (Fsp3) is 0.650. The van der Waals surface area contributed by atoms with Crippen molar-refractivity contribution in [3.8, 4) is 11.8 Å². The Kier molecular flexibility index (Phi) is 7.08. The molecular weight excluding hydrogens is 298 g/mol. The molecule has 0 saturated carbocycles. The van der Waals surface area contributed by atoms with Gasteiger partial charge in [-0.15, -0.1) is 0 Å². The number of hydrogen-bond donors (Lipinski definition) is 0. The van der Waals surface area contributed by atoms with E-state index in [4.69, 9.17) is 4.74 Å². The van der Waals surface area contributed by atoms with Crippen LogP contribution in [0.15, 0.2) is 24.3 Å². The summed E-state index contributed by atoms with van der Waals surface area (Å²) in [5, 5.41) is 9.70. The first kappa shape index (κ1) is 18.8.